The molecule has 15 heavy (non-hydrogen) atoms. The van der Waals surface area contributed by atoms with Crippen LogP contribution in [-0.2, 0) is 0 Å². The van der Waals surface area contributed by atoms with Crippen LogP contribution in [-0.4, -0.2) is 0 Å². The quantitative estimate of drug-likeness (QED) is 0.671. The molecule has 0 amide bonds. The molecule has 0 aliphatic heterocycles. The molecule has 1 aromatic rings. The van der Waals surface area contributed by atoms with Gasteiger partial charge in [-0.05, 0) is 37.0 Å². The van der Waals surface area contributed by atoms with Gasteiger partial charge in [-0.1, -0.05) is 35.9 Å². The summed E-state index contributed by atoms with van der Waals surface area (Å²) in [6.07, 6.45) is 6.05. The second-order valence-electron chi connectivity index (χ2n) is 3.85. The molecule has 0 radical (unpaired) electrons. The van der Waals surface area contributed by atoms with Crippen LogP contribution in [0.2, 0.25) is 0 Å². The first-order valence-corrected chi connectivity index (χ1v) is 5.17. The van der Waals surface area contributed by atoms with E-state index in [2.05, 4.69) is 43.3 Å². The van der Waals surface area contributed by atoms with Gasteiger partial charge in [0.1, 0.15) is 0 Å². The van der Waals surface area contributed by atoms with E-state index < -0.39 is 0 Å². The van der Waals surface area contributed by atoms with Crippen LogP contribution in [0.5, 0.6) is 0 Å². The van der Waals surface area contributed by atoms with Crippen molar-refractivity contribution >= 4 is 5.57 Å². The van der Waals surface area contributed by atoms with Gasteiger partial charge in [0, 0.05) is 5.57 Å². The summed E-state index contributed by atoms with van der Waals surface area (Å²) in [5.74, 6) is 0. The van der Waals surface area contributed by atoms with E-state index in [1.807, 2.05) is 6.08 Å². The Morgan fingerprint density at radius 1 is 1.20 bits per heavy atom. The van der Waals surface area contributed by atoms with Crippen LogP contribution in [0.4, 0.5) is 0 Å². The molecule has 0 heterocycles. The Balaban J connectivity index is 2.33. The molecule has 0 saturated heterocycles. The number of allylic oxidation sites excluding steroid dienone is 4. The summed E-state index contributed by atoms with van der Waals surface area (Å²) in [5, 5.41) is 8.85. The van der Waals surface area contributed by atoms with Gasteiger partial charge in [0.15, 0.2) is 0 Å². The smallest absolute Gasteiger partial charge is 0.0947 e. The molecule has 1 nitrogen and oxygen atoms in total. The fourth-order valence-electron chi connectivity index (χ4n) is 1.74. The van der Waals surface area contributed by atoms with E-state index in [1.165, 1.54) is 16.7 Å². The van der Waals surface area contributed by atoms with Gasteiger partial charge in [0.2, 0.25) is 0 Å². The van der Waals surface area contributed by atoms with Gasteiger partial charge in [0.25, 0.3) is 0 Å². The lowest BCUT2D eigenvalue weighted by molar-refractivity contribution is 0.998. The molecule has 0 N–H and O–H groups in total. The number of aryl methyl sites for hydroxylation is 1. The van der Waals surface area contributed by atoms with E-state index in [0.29, 0.717) is 0 Å². The van der Waals surface area contributed by atoms with E-state index in [0.717, 1.165) is 18.4 Å². The van der Waals surface area contributed by atoms with Crippen LogP contribution >= 0.6 is 0 Å². The first kappa shape index (κ1) is 9.73. The van der Waals surface area contributed by atoms with Gasteiger partial charge in [-0.25, -0.2) is 0 Å². The van der Waals surface area contributed by atoms with E-state index in [1.54, 1.807) is 0 Å². The molecule has 0 aromatic heterocycles. The summed E-state index contributed by atoms with van der Waals surface area (Å²) in [6, 6.07) is 10.7. The van der Waals surface area contributed by atoms with E-state index in [-0.39, 0.29) is 0 Å². The molecular formula is C14H13N. The van der Waals surface area contributed by atoms with Gasteiger partial charge in [-0.2, -0.15) is 5.26 Å². The van der Waals surface area contributed by atoms with Crippen molar-refractivity contribution < 1.29 is 0 Å². The Labute approximate surface area is 90.4 Å². The Morgan fingerprint density at radius 2 is 1.93 bits per heavy atom. The number of benzene rings is 1. The zero-order chi connectivity index (χ0) is 10.7. The third-order valence-electron chi connectivity index (χ3n) is 2.64. The van der Waals surface area contributed by atoms with E-state index >= 15 is 0 Å². The molecule has 0 unspecified atom stereocenters. The van der Waals surface area contributed by atoms with Gasteiger partial charge < -0.3 is 0 Å². The van der Waals surface area contributed by atoms with Crippen LogP contribution in [0.25, 0.3) is 5.57 Å². The van der Waals surface area contributed by atoms with Crippen molar-refractivity contribution in [3.8, 4) is 6.07 Å². The maximum atomic E-state index is 8.85. The fourth-order valence-corrected chi connectivity index (χ4v) is 1.74. The molecule has 0 saturated carbocycles. The van der Waals surface area contributed by atoms with Crippen LogP contribution < -0.4 is 0 Å². The average Bonchev–Trinajstić information content (AvgIpc) is 2.30. The molecule has 1 heteroatoms. The summed E-state index contributed by atoms with van der Waals surface area (Å²) in [5.41, 5.74) is 4.53. The second-order valence-corrected chi connectivity index (χ2v) is 3.85. The predicted octanol–water partition coefficient (Wildman–Crippen LogP) is 3.62. The normalized spacial score (nSPS) is 15.2. The third-order valence-corrected chi connectivity index (χ3v) is 2.64. The molecule has 2 rings (SSSR count). The first-order chi connectivity index (χ1) is 7.29. The first-order valence-electron chi connectivity index (χ1n) is 5.17. The summed E-state index contributed by atoms with van der Waals surface area (Å²) < 4.78 is 0. The summed E-state index contributed by atoms with van der Waals surface area (Å²) in [7, 11) is 0. The molecule has 1 aromatic carbocycles. The van der Waals surface area contributed by atoms with Gasteiger partial charge in [-0.15, -0.1) is 0 Å². The highest BCUT2D eigenvalue weighted by Gasteiger charge is 2.06. The highest BCUT2D eigenvalue weighted by Crippen LogP contribution is 2.24. The monoisotopic (exact) mass is 195 g/mol. The maximum Gasteiger partial charge on any atom is 0.0947 e. The van der Waals surface area contributed by atoms with Crippen molar-refractivity contribution in [2.75, 3.05) is 0 Å². The highest BCUT2D eigenvalue weighted by atomic mass is 14.2. The molecule has 74 valence electrons. The molecular weight excluding hydrogens is 182 g/mol. The van der Waals surface area contributed by atoms with Crippen LogP contribution in [0.15, 0.2) is 42.0 Å². The van der Waals surface area contributed by atoms with E-state index in [4.69, 9.17) is 5.26 Å². The summed E-state index contributed by atoms with van der Waals surface area (Å²) >= 11 is 0. The number of nitriles is 1. The Kier molecular flexibility index (Phi) is 2.69. The number of hydrogen-bond donors (Lipinski definition) is 0. The van der Waals surface area contributed by atoms with Crippen LogP contribution in [0.1, 0.15) is 24.0 Å². The molecule has 0 bridgehead atoms. The number of rotatable bonds is 1. The largest absolute Gasteiger partial charge is 0.193 e. The standard InChI is InChI=1S/C14H13N/c1-11-5-7-13(8-6-11)14-4-2-3-12(9-14)10-15/h4-9H,2-3H2,1H3. The fraction of sp³-hybridized carbons (Fsp3) is 0.214. The van der Waals surface area contributed by atoms with Crippen molar-refractivity contribution in [3.63, 3.8) is 0 Å². The van der Waals surface area contributed by atoms with Crippen molar-refractivity contribution in [2.45, 2.75) is 19.8 Å². The third kappa shape index (κ3) is 2.16. The zero-order valence-corrected chi connectivity index (χ0v) is 8.83. The topological polar surface area (TPSA) is 23.8 Å². The minimum Gasteiger partial charge on any atom is -0.193 e. The Morgan fingerprint density at radius 3 is 2.60 bits per heavy atom. The van der Waals surface area contributed by atoms with Gasteiger partial charge in [0.05, 0.1) is 6.07 Å². The minimum atomic E-state index is 0.881. The highest BCUT2D eigenvalue weighted by molar-refractivity contribution is 5.76. The molecule has 0 spiro atoms. The summed E-state index contributed by atoms with van der Waals surface area (Å²) in [6.45, 7) is 2.08. The van der Waals surface area contributed by atoms with Crippen molar-refractivity contribution in [2.24, 2.45) is 0 Å². The van der Waals surface area contributed by atoms with Crippen molar-refractivity contribution in [3.05, 3.63) is 53.1 Å². The van der Waals surface area contributed by atoms with E-state index in [9.17, 15) is 0 Å². The maximum absolute atomic E-state index is 8.85. The molecule has 0 fully saturated rings. The average molecular weight is 195 g/mol. The molecule has 0 atom stereocenters. The Hall–Kier alpha value is -1.81. The second kappa shape index (κ2) is 4.14. The number of hydrogen-bond acceptors (Lipinski definition) is 1. The predicted molar refractivity (Wildman–Crippen MR) is 62.1 cm³/mol. The van der Waals surface area contributed by atoms with Gasteiger partial charge in [-0.3, -0.25) is 0 Å². The van der Waals surface area contributed by atoms with Crippen molar-refractivity contribution in [1.29, 1.82) is 5.26 Å². The minimum absolute atomic E-state index is 0.881. The van der Waals surface area contributed by atoms with Crippen molar-refractivity contribution in [1.82, 2.24) is 0 Å². The van der Waals surface area contributed by atoms with Gasteiger partial charge >= 0.3 is 0 Å². The van der Waals surface area contributed by atoms with Crippen LogP contribution in [0, 0.1) is 18.3 Å². The zero-order valence-electron chi connectivity index (χ0n) is 8.83. The lowest BCUT2D eigenvalue weighted by Crippen LogP contribution is -1.90. The number of nitrogens with zero attached hydrogens (tertiary/aromatic N) is 1. The molecule has 1 aliphatic carbocycles. The Bertz CT molecular complexity index is 455. The lowest BCUT2D eigenvalue weighted by atomic mass is 9.95. The SMILES string of the molecule is Cc1ccc(C2=CCCC(C#N)=C2)cc1. The lowest BCUT2D eigenvalue weighted by Gasteiger charge is -2.09. The summed E-state index contributed by atoms with van der Waals surface area (Å²) in [4.78, 5) is 0. The molecule has 1 aliphatic rings. The van der Waals surface area contributed by atoms with Crippen LogP contribution in [0.3, 0.4) is 0 Å².